The average molecular weight is 671 g/mol. The Hall–Kier alpha value is -5.22. The smallest absolute Gasteiger partial charge is 0.332 e. The molecule has 49 heavy (non-hydrogen) atoms. The van der Waals surface area contributed by atoms with Crippen molar-refractivity contribution in [2.75, 3.05) is 13.2 Å². The van der Waals surface area contributed by atoms with Crippen LogP contribution in [0.1, 0.15) is 48.8 Å². The lowest BCUT2D eigenvalue weighted by molar-refractivity contribution is -0.155. The van der Waals surface area contributed by atoms with Gasteiger partial charge in [0.25, 0.3) is 0 Å². The van der Waals surface area contributed by atoms with Gasteiger partial charge in [-0.05, 0) is 54.5 Å². The number of nitrogens with one attached hydrogen (secondary N) is 2. The van der Waals surface area contributed by atoms with Gasteiger partial charge >= 0.3 is 11.9 Å². The molecule has 3 atom stereocenters. The van der Waals surface area contributed by atoms with Crippen LogP contribution in [0.25, 0.3) is 0 Å². The molecule has 0 radical (unpaired) electrons. The second-order valence-corrected chi connectivity index (χ2v) is 11.5. The molecule has 0 aliphatic rings. The normalized spacial score (nSPS) is 12.4. The maximum absolute atomic E-state index is 13.4. The predicted molar refractivity (Wildman–Crippen MR) is 186 cm³/mol. The van der Waals surface area contributed by atoms with E-state index in [1.807, 2.05) is 60.7 Å². The van der Waals surface area contributed by atoms with Gasteiger partial charge in [-0.25, -0.2) is 4.79 Å². The first-order chi connectivity index (χ1) is 23.8. The molecule has 3 aromatic rings. The van der Waals surface area contributed by atoms with E-state index in [2.05, 4.69) is 23.8 Å². The summed E-state index contributed by atoms with van der Waals surface area (Å²) in [6, 6.07) is 24.3. The highest BCUT2D eigenvalue weighted by atomic mass is 16.6. The largest absolute Gasteiger partial charge is 0.489 e. The number of rotatable bonds is 22. The van der Waals surface area contributed by atoms with Gasteiger partial charge in [-0.1, -0.05) is 84.9 Å². The number of carbonyl (C=O) groups excluding carboxylic acids is 4. The molecule has 3 rings (SSSR count). The fourth-order valence-electron chi connectivity index (χ4n) is 4.83. The van der Waals surface area contributed by atoms with Gasteiger partial charge in [0.05, 0.1) is 18.6 Å². The van der Waals surface area contributed by atoms with E-state index in [9.17, 15) is 24.3 Å². The molecular formula is C39H46N2O8. The van der Waals surface area contributed by atoms with Crippen LogP contribution in [0.15, 0.2) is 110 Å². The lowest BCUT2D eigenvalue weighted by atomic mass is 9.98. The lowest BCUT2D eigenvalue weighted by Gasteiger charge is -2.22. The standard InChI is InChI=1S/C39H46N2O8/c1-3-5-8-18-37(44)48-28-35(39(46)49-27-31-16-11-7-12-17-31)41-38(45)32(13-4-2)24-36(43)40-33(25-42)23-29-19-21-34(22-20-29)47-26-30-14-9-6-10-15-30/h3-4,6-7,9-12,14-17,19-22,32-33,35,42H,1-2,5,8,13,18,23-28H2,(H,40,43)(H,41,45). The Kier molecular flexibility index (Phi) is 16.9. The SMILES string of the molecule is C=CCCCC(=O)OCC(NC(=O)C(CC=C)CC(=O)NC(CO)Cc1ccc(OCc2ccccc2)cc1)C(=O)OCc1ccccc1. The van der Waals surface area contributed by atoms with Crippen molar-refractivity contribution < 1.29 is 38.5 Å². The highest BCUT2D eigenvalue weighted by Crippen LogP contribution is 2.16. The molecule has 10 heteroatoms. The summed E-state index contributed by atoms with van der Waals surface area (Å²) in [7, 11) is 0. The summed E-state index contributed by atoms with van der Waals surface area (Å²) < 4.78 is 16.5. The van der Waals surface area contributed by atoms with Crippen molar-refractivity contribution >= 4 is 23.8 Å². The molecule has 3 aromatic carbocycles. The van der Waals surface area contributed by atoms with E-state index in [1.54, 1.807) is 30.3 Å². The van der Waals surface area contributed by atoms with Gasteiger partial charge in [-0.3, -0.25) is 14.4 Å². The third kappa shape index (κ3) is 14.6. The van der Waals surface area contributed by atoms with Crippen molar-refractivity contribution in [2.45, 2.75) is 63.8 Å². The van der Waals surface area contributed by atoms with E-state index >= 15 is 0 Å². The number of benzene rings is 3. The molecule has 0 fully saturated rings. The molecule has 0 heterocycles. The van der Waals surface area contributed by atoms with Gasteiger partial charge in [0.15, 0.2) is 6.04 Å². The van der Waals surface area contributed by atoms with Crippen LogP contribution in [0.2, 0.25) is 0 Å². The number of allylic oxidation sites excluding steroid dienone is 2. The van der Waals surface area contributed by atoms with E-state index in [1.165, 1.54) is 6.08 Å². The Morgan fingerprint density at radius 1 is 0.776 bits per heavy atom. The second-order valence-electron chi connectivity index (χ2n) is 11.5. The summed E-state index contributed by atoms with van der Waals surface area (Å²) in [5, 5.41) is 15.4. The van der Waals surface area contributed by atoms with Crippen LogP contribution < -0.4 is 15.4 Å². The van der Waals surface area contributed by atoms with Crippen LogP contribution in [-0.4, -0.2) is 54.2 Å². The van der Waals surface area contributed by atoms with Crippen LogP contribution in [-0.2, 0) is 48.3 Å². The molecule has 0 aliphatic heterocycles. The van der Waals surface area contributed by atoms with Gasteiger partial charge in [0, 0.05) is 12.8 Å². The maximum Gasteiger partial charge on any atom is 0.332 e. The minimum absolute atomic E-state index is 0.0379. The summed E-state index contributed by atoms with van der Waals surface area (Å²) in [6.07, 6.45) is 4.76. The van der Waals surface area contributed by atoms with Crippen molar-refractivity contribution in [1.29, 1.82) is 0 Å². The van der Waals surface area contributed by atoms with Crippen LogP contribution in [0.5, 0.6) is 5.75 Å². The highest BCUT2D eigenvalue weighted by molar-refractivity contribution is 5.89. The number of hydrogen-bond acceptors (Lipinski definition) is 8. The van der Waals surface area contributed by atoms with Crippen molar-refractivity contribution in [3.63, 3.8) is 0 Å². The van der Waals surface area contributed by atoms with Gasteiger partial charge in [-0.15, -0.1) is 13.2 Å². The summed E-state index contributed by atoms with van der Waals surface area (Å²) in [5.74, 6) is -2.56. The highest BCUT2D eigenvalue weighted by Gasteiger charge is 2.29. The van der Waals surface area contributed by atoms with E-state index in [0.717, 1.165) is 16.7 Å². The first-order valence-electron chi connectivity index (χ1n) is 16.4. The predicted octanol–water partition coefficient (Wildman–Crippen LogP) is 5.00. The molecule has 10 nitrogen and oxygen atoms in total. The summed E-state index contributed by atoms with van der Waals surface area (Å²) >= 11 is 0. The Morgan fingerprint density at radius 3 is 2.04 bits per heavy atom. The molecule has 2 amide bonds. The molecule has 0 saturated heterocycles. The van der Waals surface area contributed by atoms with E-state index in [-0.39, 0.29) is 32.5 Å². The molecule has 0 aromatic heterocycles. The number of aliphatic hydroxyl groups excluding tert-OH is 1. The number of ether oxygens (including phenoxy) is 3. The van der Waals surface area contributed by atoms with Gasteiger partial charge in [-0.2, -0.15) is 0 Å². The van der Waals surface area contributed by atoms with E-state index in [0.29, 0.717) is 31.6 Å². The van der Waals surface area contributed by atoms with Crippen LogP contribution in [0.3, 0.4) is 0 Å². The molecule has 260 valence electrons. The van der Waals surface area contributed by atoms with E-state index < -0.39 is 48.4 Å². The zero-order valence-corrected chi connectivity index (χ0v) is 27.8. The fourth-order valence-corrected chi connectivity index (χ4v) is 4.83. The molecular weight excluding hydrogens is 624 g/mol. The minimum atomic E-state index is -1.29. The molecule has 0 aliphatic carbocycles. The first-order valence-corrected chi connectivity index (χ1v) is 16.4. The Bertz CT molecular complexity index is 1480. The third-order valence-corrected chi connectivity index (χ3v) is 7.52. The maximum atomic E-state index is 13.4. The van der Waals surface area contributed by atoms with Crippen LogP contribution in [0, 0.1) is 5.92 Å². The fraction of sp³-hybridized carbons (Fsp3) is 0.333. The van der Waals surface area contributed by atoms with E-state index in [4.69, 9.17) is 14.2 Å². The van der Waals surface area contributed by atoms with Gasteiger partial charge in [0.2, 0.25) is 11.8 Å². The molecule has 0 saturated carbocycles. The number of unbranched alkanes of at least 4 members (excludes halogenated alkanes) is 1. The zero-order valence-electron chi connectivity index (χ0n) is 27.8. The summed E-state index contributed by atoms with van der Waals surface area (Å²) in [5.41, 5.74) is 2.67. The molecule has 3 unspecified atom stereocenters. The van der Waals surface area contributed by atoms with Crippen LogP contribution in [0.4, 0.5) is 0 Å². The van der Waals surface area contributed by atoms with Crippen LogP contribution >= 0.6 is 0 Å². The summed E-state index contributed by atoms with van der Waals surface area (Å²) in [4.78, 5) is 51.7. The minimum Gasteiger partial charge on any atom is -0.489 e. The molecule has 0 spiro atoms. The van der Waals surface area contributed by atoms with Crippen molar-refractivity contribution in [2.24, 2.45) is 5.92 Å². The number of hydrogen-bond donors (Lipinski definition) is 3. The zero-order chi connectivity index (χ0) is 35.3. The average Bonchev–Trinajstić information content (AvgIpc) is 3.12. The van der Waals surface area contributed by atoms with Crippen molar-refractivity contribution in [3.8, 4) is 5.75 Å². The van der Waals surface area contributed by atoms with Crippen molar-refractivity contribution in [3.05, 3.63) is 127 Å². The lowest BCUT2D eigenvalue weighted by Crippen LogP contribution is -2.48. The quantitative estimate of drug-likeness (QED) is 0.0772. The Balaban J connectivity index is 1.57. The topological polar surface area (TPSA) is 140 Å². The third-order valence-electron chi connectivity index (χ3n) is 7.52. The van der Waals surface area contributed by atoms with Crippen molar-refractivity contribution in [1.82, 2.24) is 10.6 Å². The Labute approximate surface area is 288 Å². The van der Waals surface area contributed by atoms with Gasteiger partial charge in [0.1, 0.15) is 25.6 Å². The monoisotopic (exact) mass is 670 g/mol. The van der Waals surface area contributed by atoms with Gasteiger partial charge < -0.3 is 30.0 Å². The number of amides is 2. The first kappa shape index (κ1) is 38.2. The molecule has 3 N–H and O–H groups in total. The molecule has 0 bridgehead atoms. The second kappa shape index (κ2) is 21.6. The number of carbonyl (C=O) groups is 4. The Morgan fingerprint density at radius 2 is 1.43 bits per heavy atom. The number of esters is 2. The number of aliphatic hydroxyl groups is 1. The summed E-state index contributed by atoms with van der Waals surface area (Å²) in [6.45, 7) is 6.99.